The van der Waals surface area contributed by atoms with E-state index in [0.717, 1.165) is 43.1 Å². The lowest BCUT2D eigenvalue weighted by Gasteiger charge is -2.57. The summed E-state index contributed by atoms with van der Waals surface area (Å²) in [5.74, 6) is 1.84. The molecule has 5 fully saturated rings. The fourth-order valence-corrected chi connectivity index (χ4v) is 8.36. The molecular weight excluding hydrogens is 417 g/mol. The highest BCUT2D eigenvalue weighted by Crippen LogP contribution is 2.55. The van der Waals surface area contributed by atoms with Crippen LogP contribution in [0, 0.1) is 23.6 Å². The van der Waals surface area contributed by atoms with Gasteiger partial charge in [0.1, 0.15) is 5.82 Å². The van der Waals surface area contributed by atoms with Gasteiger partial charge >= 0.3 is 0 Å². The van der Waals surface area contributed by atoms with Gasteiger partial charge in [0.15, 0.2) is 0 Å². The van der Waals surface area contributed by atoms with E-state index in [1.165, 1.54) is 41.8 Å². The van der Waals surface area contributed by atoms with Crippen LogP contribution in [0.3, 0.4) is 0 Å². The molecule has 1 aromatic carbocycles. The number of sulfonamides is 1. The van der Waals surface area contributed by atoms with Gasteiger partial charge in [-0.2, -0.15) is 4.31 Å². The molecule has 0 aromatic heterocycles. The van der Waals surface area contributed by atoms with E-state index in [1.807, 2.05) is 6.92 Å². The molecule has 1 aliphatic heterocycles. The molecule has 1 aromatic rings. The SMILES string of the molecule is C[C@H](C(=O)NC12CC3CC(CC(C3)C1)C2)N1CCN(S(=O)(=O)c2cccc(F)c2)CC1. The molecule has 1 amide bonds. The van der Waals surface area contributed by atoms with Crippen LogP contribution in [-0.2, 0) is 14.8 Å². The predicted molar refractivity (Wildman–Crippen MR) is 115 cm³/mol. The van der Waals surface area contributed by atoms with Crippen LogP contribution in [0.4, 0.5) is 4.39 Å². The van der Waals surface area contributed by atoms with Gasteiger partial charge in [0, 0.05) is 31.7 Å². The summed E-state index contributed by atoms with van der Waals surface area (Å²) in [6.07, 6.45) is 7.39. The van der Waals surface area contributed by atoms with E-state index in [4.69, 9.17) is 0 Å². The van der Waals surface area contributed by atoms with Crippen molar-refractivity contribution >= 4 is 15.9 Å². The molecule has 6 nitrogen and oxygen atoms in total. The zero-order chi connectivity index (χ0) is 21.8. The van der Waals surface area contributed by atoms with Gasteiger partial charge in [-0.15, -0.1) is 0 Å². The molecule has 1 saturated heterocycles. The van der Waals surface area contributed by atoms with Gasteiger partial charge in [0.05, 0.1) is 10.9 Å². The van der Waals surface area contributed by atoms with Gasteiger partial charge in [0.2, 0.25) is 15.9 Å². The third kappa shape index (κ3) is 4.02. The molecule has 170 valence electrons. The van der Waals surface area contributed by atoms with Crippen molar-refractivity contribution in [3.8, 4) is 0 Å². The summed E-state index contributed by atoms with van der Waals surface area (Å²) in [6, 6.07) is 4.85. The van der Waals surface area contributed by atoms with E-state index in [0.29, 0.717) is 26.2 Å². The largest absolute Gasteiger partial charge is 0.349 e. The maximum Gasteiger partial charge on any atom is 0.243 e. The number of nitrogens with zero attached hydrogens (tertiary/aromatic N) is 2. The summed E-state index contributed by atoms with van der Waals surface area (Å²) in [5.41, 5.74) is -0.0113. The van der Waals surface area contributed by atoms with Crippen molar-refractivity contribution in [3.63, 3.8) is 0 Å². The van der Waals surface area contributed by atoms with Gasteiger partial charge in [-0.05, 0) is 81.4 Å². The highest BCUT2D eigenvalue weighted by atomic mass is 32.2. The Bertz CT molecular complexity index is 923. The molecule has 1 heterocycles. The number of rotatable bonds is 5. The van der Waals surface area contributed by atoms with E-state index in [1.54, 1.807) is 0 Å². The number of carbonyl (C=O) groups is 1. The molecule has 5 aliphatic rings. The lowest BCUT2D eigenvalue weighted by atomic mass is 9.53. The van der Waals surface area contributed by atoms with Crippen molar-refractivity contribution < 1.29 is 17.6 Å². The zero-order valence-electron chi connectivity index (χ0n) is 18.1. The van der Waals surface area contributed by atoms with Crippen LogP contribution >= 0.6 is 0 Å². The molecule has 8 heteroatoms. The first kappa shape index (κ1) is 21.3. The number of piperazine rings is 1. The number of carbonyl (C=O) groups excluding carboxylic acids is 1. The molecule has 4 bridgehead atoms. The maximum atomic E-state index is 13.5. The lowest BCUT2D eigenvalue weighted by molar-refractivity contribution is -0.132. The Labute approximate surface area is 184 Å². The molecule has 4 saturated carbocycles. The lowest BCUT2D eigenvalue weighted by Crippen LogP contribution is -2.63. The second kappa shape index (κ2) is 7.81. The summed E-state index contributed by atoms with van der Waals surface area (Å²) in [5, 5.41) is 3.44. The van der Waals surface area contributed by atoms with Gasteiger partial charge in [-0.1, -0.05) is 6.07 Å². The minimum absolute atomic E-state index is 0.0113. The topological polar surface area (TPSA) is 69.7 Å². The van der Waals surface area contributed by atoms with Crippen molar-refractivity contribution in [1.82, 2.24) is 14.5 Å². The molecule has 1 atom stereocenters. The summed E-state index contributed by atoms with van der Waals surface area (Å²) >= 11 is 0. The molecule has 0 radical (unpaired) electrons. The normalized spacial score (nSPS) is 34.6. The predicted octanol–water partition coefficient (Wildman–Crippen LogP) is 2.61. The smallest absolute Gasteiger partial charge is 0.243 e. The van der Waals surface area contributed by atoms with Crippen LogP contribution in [-0.4, -0.2) is 61.3 Å². The van der Waals surface area contributed by atoms with Gasteiger partial charge < -0.3 is 5.32 Å². The van der Waals surface area contributed by atoms with E-state index in [9.17, 15) is 17.6 Å². The van der Waals surface area contributed by atoms with Crippen LogP contribution in [0.1, 0.15) is 45.4 Å². The number of halogens is 1. The minimum atomic E-state index is -3.72. The number of hydrogen-bond donors (Lipinski definition) is 1. The van der Waals surface area contributed by atoms with Gasteiger partial charge in [0.25, 0.3) is 0 Å². The van der Waals surface area contributed by atoms with Crippen molar-refractivity contribution in [1.29, 1.82) is 0 Å². The van der Waals surface area contributed by atoms with Crippen molar-refractivity contribution in [2.24, 2.45) is 17.8 Å². The maximum absolute atomic E-state index is 13.5. The first-order valence-corrected chi connectivity index (χ1v) is 13.0. The van der Waals surface area contributed by atoms with E-state index in [-0.39, 0.29) is 22.4 Å². The monoisotopic (exact) mass is 449 g/mol. The average molecular weight is 450 g/mol. The number of hydrogen-bond acceptors (Lipinski definition) is 4. The van der Waals surface area contributed by atoms with Crippen molar-refractivity contribution in [2.75, 3.05) is 26.2 Å². The second-order valence-electron chi connectivity index (χ2n) is 10.3. The van der Waals surface area contributed by atoms with E-state index < -0.39 is 15.8 Å². The van der Waals surface area contributed by atoms with Crippen molar-refractivity contribution in [3.05, 3.63) is 30.1 Å². The van der Waals surface area contributed by atoms with Gasteiger partial charge in [-0.25, -0.2) is 12.8 Å². The zero-order valence-corrected chi connectivity index (χ0v) is 18.9. The quantitative estimate of drug-likeness (QED) is 0.750. The Morgan fingerprint density at radius 3 is 2.19 bits per heavy atom. The molecule has 6 rings (SSSR count). The third-order valence-electron chi connectivity index (χ3n) is 8.06. The fourth-order valence-electron chi connectivity index (χ4n) is 6.90. The summed E-state index contributed by atoms with van der Waals surface area (Å²) in [6.45, 7) is 3.50. The van der Waals surface area contributed by atoms with E-state index in [2.05, 4.69) is 10.2 Å². The summed E-state index contributed by atoms with van der Waals surface area (Å²) < 4.78 is 40.5. The summed E-state index contributed by atoms with van der Waals surface area (Å²) in [7, 11) is -3.72. The Morgan fingerprint density at radius 1 is 1.06 bits per heavy atom. The fraction of sp³-hybridized carbons (Fsp3) is 0.696. The first-order chi connectivity index (χ1) is 14.7. The van der Waals surface area contributed by atoms with E-state index >= 15 is 0 Å². The molecule has 0 unspecified atom stereocenters. The molecule has 31 heavy (non-hydrogen) atoms. The standard InChI is InChI=1S/C23H32FN3O3S/c1-16(22(28)25-23-13-17-9-18(14-23)11-19(10-17)15-23)26-5-7-27(8-6-26)31(29,30)21-4-2-3-20(24)12-21/h2-4,12,16-19H,5-11,13-15H2,1H3,(H,25,28)/t16-,17?,18?,19?,23?/m1/s1. The van der Waals surface area contributed by atoms with Crippen LogP contribution in [0.2, 0.25) is 0 Å². The second-order valence-corrected chi connectivity index (χ2v) is 12.2. The Kier molecular flexibility index (Phi) is 5.38. The third-order valence-corrected chi connectivity index (χ3v) is 9.96. The highest BCUT2D eigenvalue weighted by Gasteiger charge is 2.52. The Hall–Kier alpha value is -1.51. The number of benzene rings is 1. The van der Waals surface area contributed by atoms with Crippen LogP contribution in [0.15, 0.2) is 29.2 Å². The summed E-state index contributed by atoms with van der Waals surface area (Å²) in [4.78, 5) is 15.2. The number of nitrogens with one attached hydrogen (secondary N) is 1. The van der Waals surface area contributed by atoms with Gasteiger partial charge in [-0.3, -0.25) is 9.69 Å². The average Bonchev–Trinajstić information content (AvgIpc) is 2.72. The highest BCUT2D eigenvalue weighted by molar-refractivity contribution is 7.89. The molecule has 0 spiro atoms. The first-order valence-electron chi connectivity index (χ1n) is 11.6. The van der Waals surface area contributed by atoms with Crippen LogP contribution in [0.5, 0.6) is 0 Å². The molecular formula is C23H32FN3O3S. The van der Waals surface area contributed by atoms with Crippen LogP contribution in [0.25, 0.3) is 0 Å². The Morgan fingerprint density at radius 2 is 1.65 bits per heavy atom. The molecule has 1 N–H and O–H groups in total. The number of amides is 1. The Balaban J connectivity index is 1.19. The molecule has 4 aliphatic carbocycles. The minimum Gasteiger partial charge on any atom is -0.349 e. The van der Waals surface area contributed by atoms with Crippen LogP contribution < -0.4 is 5.32 Å². The van der Waals surface area contributed by atoms with Crippen molar-refractivity contribution in [2.45, 2.75) is 61.9 Å².